The molecule has 0 bridgehead atoms. The number of nitrogens with one attached hydrogen (secondary N) is 2. The number of benzene rings is 2. The Balaban J connectivity index is 1.63. The SMILES string of the molecule is CC(C)c1ccc(S(=O)(=O)c2ccc(NNC(=O)/C=C/c3cccs3)cc2)cc1. The van der Waals surface area contributed by atoms with Crippen LogP contribution >= 0.6 is 11.3 Å². The molecule has 3 aromatic rings. The summed E-state index contributed by atoms with van der Waals surface area (Å²) in [4.78, 5) is 13.3. The second-order valence-electron chi connectivity index (χ2n) is 6.71. The van der Waals surface area contributed by atoms with Crippen molar-refractivity contribution in [2.24, 2.45) is 0 Å². The summed E-state index contributed by atoms with van der Waals surface area (Å²) in [6.45, 7) is 4.12. The molecular weight excluding hydrogens is 404 g/mol. The smallest absolute Gasteiger partial charge is 0.262 e. The van der Waals surface area contributed by atoms with E-state index in [1.54, 1.807) is 30.3 Å². The van der Waals surface area contributed by atoms with Crippen molar-refractivity contribution in [3.8, 4) is 0 Å². The van der Waals surface area contributed by atoms with Crippen LogP contribution in [0.15, 0.2) is 81.9 Å². The third kappa shape index (κ3) is 5.34. The fourth-order valence-electron chi connectivity index (χ4n) is 2.60. The van der Waals surface area contributed by atoms with E-state index >= 15 is 0 Å². The Hall–Kier alpha value is -2.90. The second-order valence-corrected chi connectivity index (χ2v) is 9.64. The molecule has 29 heavy (non-hydrogen) atoms. The van der Waals surface area contributed by atoms with Crippen LogP contribution < -0.4 is 10.9 Å². The first-order chi connectivity index (χ1) is 13.9. The highest BCUT2D eigenvalue weighted by Crippen LogP contribution is 2.24. The largest absolute Gasteiger partial charge is 0.298 e. The van der Waals surface area contributed by atoms with Gasteiger partial charge in [-0.15, -0.1) is 11.3 Å². The number of hydrogen-bond acceptors (Lipinski definition) is 5. The molecule has 0 fully saturated rings. The Kier molecular flexibility index (Phi) is 6.51. The number of hydrogen-bond donors (Lipinski definition) is 2. The number of sulfone groups is 1. The molecule has 2 N–H and O–H groups in total. The molecule has 0 saturated heterocycles. The molecule has 0 saturated carbocycles. The zero-order valence-electron chi connectivity index (χ0n) is 16.1. The molecule has 1 aromatic heterocycles. The summed E-state index contributed by atoms with van der Waals surface area (Å²) < 4.78 is 25.6. The zero-order valence-corrected chi connectivity index (χ0v) is 17.8. The third-order valence-corrected chi connectivity index (χ3v) is 6.92. The number of rotatable bonds is 7. The minimum atomic E-state index is -3.59. The van der Waals surface area contributed by atoms with E-state index in [-0.39, 0.29) is 15.7 Å². The van der Waals surface area contributed by atoms with Gasteiger partial charge in [0.05, 0.1) is 15.5 Å². The summed E-state index contributed by atoms with van der Waals surface area (Å²) in [6.07, 6.45) is 3.15. The number of amides is 1. The molecule has 7 heteroatoms. The molecule has 150 valence electrons. The van der Waals surface area contributed by atoms with E-state index < -0.39 is 9.84 Å². The number of anilines is 1. The first-order valence-corrected chi connectivity index (χ1v) is 11.5. The zero-order chi connectivity index (χ0) is 20.9. The van der Waals surface area contributed by atoms with Crippen LogP contribution in [0, 0.1) is 0 Å². The van der Waals surface area contributed by atoms with Gasteiger partial charge in [0.2, 0.25) is 9.84 Å². The summed E-state index contributed by atoms with van der Waals surface area (Å²) >= 11 is 1.54. The first kappa shape index (κ1) is 20.8. The normalized spacial score (nSPS) is 11.7. The molecule has 1 amide bonds. The van der Waals surface area contributed by atoms with E-state index in [2.05, 4.69) is 24.7 Å². The van der Waals surface area contributed by atoms with Crippen LogP contribution in [0.3, 0.4) is 0 Å². The van der Waals surface area contributed by atoms with Crippen molar-refractivity contribution < 1.29 is 13.2 Å². The third-order valence-electron chi connectivity index (χ3n) is 4.29. The molecule has 0 aliphatic rings. The maximum Gasteiger partial charge on any atom is 0.262 e. The Morgan fingerprint density at radius 3 is 2.14 bits per heavy atom. The van der Waals surface area contributed by atoms with E-state index in [1.807, 2.05) is 29.6 Å². The van der Waals surface area contributed by atoms with Crippen LogP contribution in [-0.4, -0.2) is 14.3 Å². The standard InChI is InChI=1S/C22H22N2O3S2/c1-16(2)17-5-10-20(11-6-17)29(26,27)21-12-7-18(8-13-21)23-24-22(25)14-9-19-4-3-15-28-19/h3-16,23H,1-2H3,(H,24,25)/b14-9+. The van der Waals surface area contributed by atoms with E-state index in [4.69, 9.17) is 0 Å². The molecule has 1 heterocycles. The Morgan fingerprint density at radius 2 is 1.59 bits per heavy atom. The molecule has 0 spiro atoms. The molecule has 0 radical (unpaired) electrons. The van der Waals surface area contributed by atoms with Crippen molar-refractivity contribution in [1.82, 2.24) is 5.43 Å². The Bertz CT molecular complexity index is 1080. The van der Waals surface area contributed by atoms with Gasteiger partial charge in [-0.05, 0) is 65.4 Å². The van der Waals surface area contributed by atoms with Crippen LogP contribution in [0.4, 0.5) is 5.69 Å². The van der Waals surface area contributed by atoms with Crippen LogP contribution in [0.2, 0.25) is 0 Å². The maximum absolute atomic E-state index is 12.8. The minimum Gasteiger partial charge on any atom is -0.298 e. The molecule has 0 atom stereocenters. The van der Waals surface area contributed by atoms with Gasteiger partial charge in [0, 0.05) is 11.0 Å². The Morgan fingerprint density at radius 1 is 0.966 bits per heavy atom. The lowest BCUT2D eigenvalue weighted by Crippen LogP contribution is -2.27. The van der Waals surface area contributed by atoms with Gasteiger partial charge < -0.3 is 0 Å². The molecule has 5 nitrogen and oxygen atoms in total. The van der Waals surface area contributed by atoms with E-state index in [0.717, 1.165) is 10.4 Å². The number of hydrazine groups is 1. The van der Waals surface area contributed by atoms with Crippen molar-refractivity contribution in [2.75, 3.05) is 5.43 Å². The van der Waals surface area contributed by atoms with Gasteiger partial charge in [-0.2, -0.15) is 0 Å². The van der Waals surface area contributed by atoms with Crippen molar-refractivity contribution in [1.29, 1.82) is 0 Å². The average molecular weight is 427 g/mol. The van der Waals surface area contributed by atoms with Gasteiger partial charge in [-0.25, -0.2) is 8.42 Å². The quantitative estimate of drug-likeness (QED) is 0.418. The van der Waals surface area contributed by atoms with E-state index in [1.165, 1.54) is 29.5 Å². The Labute approximate surface area is 175 Å². The lowest BCUT2D eigenvalue weighted by molar-refractivity contribution is -0.115. The predicted octanol–water partition coefficient (Wildman–Crippen LogP) is 4.86. The van der Waals surface area contributed by atoms with E-state index in [0.29, 0.717) is 11.6 Å². The molecule has 2 aromatic carbocycles. The van der Waals surface area contributed by atoms with Crippen LogP contribution in [0.5, 0.6) is 0 Å². The number of carbonyl (C=O) groups excluding carboxylic acids is 1. The summed E-state index contributed by atoms with van der Waals surface area (Å²) in [5, 5.41) is 1.93. The summed E-state index contributed by atoms with van der Waals surface area (Å²) in [5.74, 6) is 0.0350. The fraction of sp³-hybridized carbons (Fsp3) is 0.136. The molecular formula is C22H22N2O3S2. The molecule has 0 aliphatic heterocycles. The average Bonchev–Trinajstić information content (AvgIpc) is 3.25. The van der Waals surface area contributed by atoms with Gasteiger partial charge in [0.1, 0.15) is 0 Å². The molecule has 0 unspecified atom stereocenters. The topological polar surface area (TPSA) is 75.3 Å². The highest BCUT2D eigenvalue weighted by Gasteiger charge is 2.17. The van der Waals surface area contributed by atoms with Crippen molar-refractivity contribution in [3.05, 3.63) is 82.6 Å². The van der Waals surface area contributed by atoms with Crippen molar-refractivity contribution >= 4 is 38.8 Å². The highest BCUT2D eigenvalue weighted by atomic mass is 32.2. The van der Waals surface area contributed by atoms with Gasteiger partial charge in [0.25, 0.3) is 5.91 Å². The second kappa shape index (κ2) is 9.07. The van der Waals surface area contributed by atoms with Gasteiger partial charge in [-0.3, -0.25) is 15.6 Å². The minimum absolute atomic E-state index is 0.198. The number of carbonyl (C=O) groups is 1. The van der Waals surface area contributed by atoms with Crippen molar-refractivity contribution in [2.45, 2.75) is 29.6 Å². The van der Waals surface area contributed by atoms with Crippen molar-refractivity contribution in [3.63, 3.8) is 0 Å². The van der Waals surface area contributed by atoms with Gasteiger partial charge >= 0.3 is 0 Å². The predicted molar refractivity (Wildman–Crippen MR) is 118 cm³/mol. The highest BCUT2D eigenvalue weighted by molar-refractivity contribution is 7.91. The van der Waals surface area contributed by atoms with Gasteiger partial charge in [0.15, 0.2) is 0 Å². The summed E-state index contributed by atoms with van der Waals surface area (Å²) in [7, 11) is -3.59. The lowest BCUT2D eigenvalue weighted by Gasteiger charge is -2.10. The van der Waals surface area contributed by atoms with Gasteiger partial charge in [-0.1, -0.05) is 32.0 Å². The van der Waals surface area contributed by atoms with Crippen LogP contribution in [0.25, 0.3) is 6.08 Å². The van der Waals surface area contributed by atoms with E-state index in [9.17, 15) is 13.2 Å². The van der Waals surface area contributed by atoms with Crippen LogP contribution in [-0.2, 0) is 14.6 Å². The lowest BCUT2D eigenvalue weighted by atomic mass is 10.0. The monoisotopic (exact) mass is 426 g/mol. The fourth-order valence-corrected chi connectivity index (χ4v) is 4.48. The first-order valence-electron chi connectivity index (χ1n) is 9.09. The molecule has 3 rings (SSSR count). The number of thiophene rings is 1. The van der Waals surface area contributed by atoms with Crippen LogP contribution in [0.1, 0.15) is 30.2 Å². The summed E-state index contributed by atoms with van der Waals surface area (Å²) in [5.41, 5.74) is 6.99. The summed E-state index contributed by atoms with van der Waals surface area (Å²) in [6, 6.07) is 17.0. The maximum atomic E-state index is 12.8. The molecule has 0 aliphatic carbocycles.